The number of pyridine rings is 1. The van der Waals surface area contributed by atoms with Crippen LogP contribution in [0.2, 0.25) is 0 Å². The zero-order chi connectivity index (χ0) is 12.5. The van der Waals surface area contributed by atoms with Crippen molar-refractivity contribution in [2.75, 3.05) is 39.0 Å². The summed E-state index contributed by atoms with van der Waals surface area (Å²) >= 11 is 0. The van der Waals surface area contributed by atoms with Gasteiger partial charge in [-0.3, -0.25) is 4.98 Å². The monoisotopic (exact) mass is 256 g/mol. The summed E-state index contributed by atoms with van der Waals surface area (Å²) in [6.07, 6.45) is 2.79. The van der Waals surface area contributed by atoms with Crippen LogP contribution in [0.5, 0.6) is 0 Å². The molecule has 1 saturated heterocycles. The van der Waals surface area contributed by atoms with E-state index >= 15 is 0 Å². The predicted molar refractivity (Wildman–Crippen MR) is 64.9 cm³/mol. The van der Waals surface area contributed by atoms with E-state index in [1.165, 1.54) is 22.8 Å². The van der Waals surface area contributed by atoms with Crippen LogP contribution in [-0.4, -0.2) is 55.8 Å². The molecule has 0 bridgehead atoms. The first-order chi connectivity index (χ1) is 8.01. The molecule has 0 radical (unpaired) electrons. The molecule has 2 heterocycles. The molecule has 1 aromatic rings. The van der Waals surface area contributed by atoms with Gasteiger partial charge in [-0.25, -0.2) is 8.42 Å². The van der Waals surface area contributed by atoms with Gasteiger partial charge in [-0.1, -0.05) is 0 Å². The number of anilines is 1. The number of aromatic nitrogens is 1. The van der Waals surface area contributed by atoms with E-state index in [4.69, 9.17) is 5.73 Å². The summed E-state index contributed by atoms with van der Waals surface area (Å²) in [5.41, 5.74) is 5.93. The largest absolute Gasteiger partial charge is 0.398 e. The topological polar surface area (TPSA) is 79.5 Å². The maximum Gasteiger partial charge on any atom is 0.246 e. The molecular formula is C10H16N4O2S. The van der Waals surface area contributed by atoms with Gasteiger partial charge in [-0.15, -0.1) is 0 Å². The average molecular weight is 256 g/mol. The van der Waals surface area contributed by atoms with Crippen LogP contribution in [-0.2, 0) is 10.0 Å². The van der Waals surface area contributed by atoms with Crippen molar-refractivity contribution in [1.29, 1.82) is 0 Å². The Bertz CT molecular complexity index is 495. The highest BCUT2D eigenvalue weighted by atomic mass is 32.2. The Morgan fingerprint density at radius 2 is 1.94 bits per heavy atom. The Labute approximate surface area is 101 Å². The lowest BCUT2D eigenvalue weighted by molar-refractivity contribution is 0.222. The Kier molecular flexibility index (Phi) is 3.32. The molecule has 17 heavy (non-hydrogen) atoms. The van der Waals surface area contributed by atoms with E-state index in [0.29, 0.717) is 13.1 Å². The molecule has 2 N–H and O–H groups in total. The van der Waals surface area contributed by atoms with Crippen LogP contribution in [0.15, 0.2) is 23.4 Å². The van der Waals surface area contributed by atoms with Crippen molar-refractivity contribution in [3.8, 4) is 0 Å². The highest BCUT2D eigenvalue weighted by Crippen LogP contribution is 2.21. The molecule has 1 aliphatic rings. The first kappa shape index (κ1) is 12.3. The van der Waals surface area contributed by atoms with Crippen molar-refractivity contribution in [3.63, 3.8) is 0 Å². The fourth-order valence-corrected chi connectivity index (χ4v) is 3.26. The number of hydrogen-bond acceptors (Lipinski definition) is 5. The zero-order valence-electron chi connectivity index (χ0n) is 9.70. The van der Waals surface area contributed by atoms with E-state index in [1.54, 1.807) is 0 Å². The van der Waals surface area contributed by atoms with Gasteiger partial charge in [0.1, 0.15) is 4.90 Å². The van der Waals surface area contributed by atoms with E-state index in [0.717, 1.165) is 13.1 Å². The minimum absolute atomic E-state index is 0.101. The number of piperazine rings is 1. The van der Waals surface area contributed by atoms with Gasteiger partial charge in [0.15, 0.2) is 0 Å². The normalized spacial score (nSPS) is 19.4. The van der Waals surface area contributed by atoms with Gasteiger partial charge in [-0.05, 0) is 13.1 Å². The number of likely N-dealkylation sites (N-methyl/N-ethyl adjacent to an activating group) is 1. The Balaban J connectivity index is 2.28. The fraction of sp³-hybridized carbons (Fsp3) is 0.500. The third-order valence-electron chi connectivity index (χ3n) is 2.90. The number of rotatable bonds is 2. The van der Waals surface area contributed by atoms with Crippen LogP contribution >= 0.6 is 0 Å². The van der Waals surface area contributed by atoms with Crippen LogP contribution in [0.25, 0.3) is 0 Å². The minimum Gasteiger partial charge on any atom is -0.398 e. The van der Waals surface area contributed by atoms with Gasteiger partial charge in [0.25, 0.3) is 0 Å². The van der Waals surface area contributed by atoms with Crippen LogP contribution in [0.4, 0.5) is 5.69 Å². The quantitative estimate of drug-likeness (QED) is 0.779. The van der Waals surface area contributed by atoms with Crippen molar-refractivity contribution >= 4 is 15.7 Å². The molecule has 0 aromatic carbocycles. The number of nitrogens with zero attached hydrogens (tertiary/aromatic N) is 3. The van der Waals surface area contributed by atoms with Crippen LogP contribution in [0.3, 0.4) is 0 Å². The van der Waals surface area contributed by atoms with Gasteiger partial charge in [0.2, 0.25) is 10.0 Å². The fourth-order valence-electron chi connectivity index (χ4n) is 1.77. The van der Waals surface area contributed by atoms with E-state index in [9.17, 15) is 8.42 Å². The van der Waals surface area contributed by atoms with Crippen molar-refractivity contribution in [1.82, 2.24) is 14.2 Å². The molecule has 6 nitrogen and oxygen atoms in total. The molecule has 7 heteroatoms. The zero-order valence-corrected chi connectivity index (χ0v) is 10.5. The summed E-state index contributed by atoms with van der Waals surface area (Å²) < 4.78 is 26.1. The lowest BCUT2D eigenvalue weighted by atomic mass is 10.4. The van der Waals surface area contributed by atoms with E-state index < -0.39 is 10.0 Å². The lowest BCUT2D eigenvalue weighted by Gasteiger charge is -2.31. The van der Waals surface area contributed by atoms with Gasteiger partial charge >= 0.3 is 0 Å². The summed E-state index contributed by atoms with van der Waals surface area (Å²) in [6.45, 7) is 2.46. The summed E-state index contributed by atoms with van der Waals surface area (Å²) in [5, 5.41) is 0. The summed E-state index contributed by atoms with van der Waals surface area (Å²) in [6, 6.07) is 1.50. The highest BCUT2D eigenvalue weighted by Gasteiger charge is 2.28. The Morgan fingerprint density at radius 3 is 2.53 bits per heavy atom. The molecule has 94 valence electrons. The van der Waals surface area contributed by atoms with Gasteiger partial charge in [-0.2, -0.15) is 4.31 Å². The van der Waals surface area contributed by atoms with Crippen molar-refractivity contribution in [2.45, 2.75) is 4.90 Å². The lowest BCUT2D eigenvalue weighted by Crippen LogP contribution is -2.47. The molecule has 0 spiro atoms. The molecule has 1 aromatic heterocycles. The number of nitrogen functional groups attached to an aromatic ring is 1. The van der Waals surface area contributed by atoms with E-state index in [2.05, 4.69) is 9.88 Å². The molecule has 0 unspecified atom stereocenters. The maximum atomic E-state index is 12.3. The third-order valence-corrected chi connectivity index (χ3v) is 4.84. The third kappa shape index (κ3) is 2.41. The summed E-state index contributed by atoms with van der Waals surface area (Å²) in [7, 11) is -1.52. The number of nitrogens with two attached hydrogens (primary N) is 1. The number of sulfonamides is 1. The van der Waals surface area contributed by atoms with Crippen LogP contribution in [0.1, 0.15) is 0 Å². The smallest absolute Gasteiger partial charge is 0.246 e. The summed E-state index contributed by atoms with van der Waals surface area (Å²) in [5.74, 6) is 0. The van der Waals surface area contributed by atoms with Crippen LogP contribution < -0.4 is 5.73 Å². The summed E-state index contributed by atoms with van der Waals surface area (Å²) in [4.78, 5) is 6.02. The molecule has 2 rings (SSSR count). The first-order valence-corrected chi connectivity index (χ1v) is 6.84. The molecule has 1 fully saturated rings. The first-order valence-electron chi connectivity index (χ1n) is 5.40. The van der Waals surface area contributed by atoms with Crippen molar-refractivity contribution in [2.24, 2.45) is 0 Å². The van der Waals surface area contributed by atoms with Crippen molar-refractivity contribution < 1.29 is 8.42 Å². The van der Waals surface area contributed by atoms with Crippen LogP contribution in [0, 0.1) is 0 Å². The number of hydrogen-bond donors (Lipinski definition) is 1. The second kappa shape index (κ2) is 4.59. The van der Waals surface area contributed by atoms with Crippen molar-refractivity contribution in [3.05, 3.63) is 18.5 Å². The Hall–Kier alpha value is -1.18. The maximum absolute atomic E-state index is 12.3. The molecule has 0 aliphatic carbocycles. The average Bonchev–Trinajstić information content (AvgIpc) is 2.30. The molecule has 0 amide bonds. The van der Waals surface area contributed by atoms with E-state index in [-0.39, 0.29) is 10.6 Å². The Morgan fingerprint density at radius 1 is 1.29 bits per heavy atom. The van der Waals surface area contributed by atoms with E-state index in [1.807, 2.05) is 7.05 Å². The second-order valence-corrected chi connectivity index (χ2v) is 6.03. The molecular weight excluding hydrogens is 240 g/mol. The predicted octanol–water partition coefficient (Wildman–Crippen LogP) is -0.400. The standard InChI is InChI=1S/C10H16N4O2S/c1-13-4-6-14(7-5-13)17(15,16)10-8-12-3-2-9(10)11/h2-3,8H,4-7H2,1H3,(H2,11,12). The minimum atomic E-state index is -3.50. The molecule has 1 aliphatic heterocycles. The van der Waals surface area contributed by atoms with Gasteiger partial charge in [0, 0.05) is 38.6 Å². The van der Waals surface area contributed by atoms with Gasteiger partial charge in [0.05, 0.1) is 5.69 Å². The SMILES string of the molecule is CN1CCN(S(=O)(=O)c2cnccc2N)CC1. The van der Waals surface area contributed by atoms with Gasteiger partial charge < -0.3 is 10.6 Å². The molecule has 0 atom stereocenters. The second-order valence-electron chi connectivity index (χ2n) is 4.12. The highest BCUT2D eigenvalue weighted by molar-refractivity contribution is 7.89. The molecule has 0 saturated carbocycles.